The number of nitrogens with zero attached hydrogens (tertiary/aromatic N) is 1. The van der Waals surface area contributed by atoms with Gasteiger partial charge >= 0.3 is 5.97 Å². The zero-order valence-electron chi connectivity index (χ0n) is 14.4. The topological polar surface area (TPSA) is 78.9 Å². The monoisotopic (exact) mass is 372 g/mol. The Morgan fingerprint density at radius 1 is 1.27 bits per heavy atom. The van der Waals surface area contributed by atoms with Crippen molar-refractivity contribution in [3.05, 3.63) is 52.2 Å². The van der Waals surface area contributed by atoms with Gasteiger partial charge < -0.3 is 15.2 Å². The Bertz CT molecular complexity index is 826. The van der Waals surface area contributed by atoms with Crippen LogP contribution in [0.25, 0.3) is 5.57 Å². The lowest BCUT2D eigenvalue weighted by Crippen LogP contribution is -2.36. The van der Waals surface area contributed by atoms with Gasteiger partial charge in [0.25, 0.3) is 0 Å². The van der Waals surface area contributed by atoms with Gasteiger partial charge in [0.1, 0.15) is 10.6 Å². The Kier molecular flexibility index (Phi) is 5.70. The van der Waals surface area contributed by atoms with Crippen LogP contribution in [-0.4, -0.2) is 48.6 Å². The minimum atomic E-state index is -0.449. The SMILES string of the molecule is COC(=O)c1sccc1NC(=O)CN1CC=C(c2ccc(O)cc2)CC1. The Labute approximate surface area is 155 Å². The summed E-state index contributed by atoms with van der Waals surface area (Å²) in [6.45, 7) is 1.71. The molecule has 1 aliphatic heterocycles. The fourth-order valence-electron chi connectivity index (χ4n) is 2.84. The van der Waals surface area contributed by atoms with Crippen molar-refractivity contribution in [1.29, 1.82) is 0 Å². The maximum atomic E-state index is 12.3. The third kappa shape index (κ3) is 4.30. The number of amides is 1. The number of esters is 1. The number of phenols is 1. The van der Waals surface area contributed by atoms with Crippen LogP contribution in [0.3, 0.4) is 0 Å². The Hall–Kier alpha value is -2.64. The van der Waals surface area contributed by atoms with E-state index in [4.69, 9.17) is 4.74 Å². The molecule has 1 aromatic carbocycles. The summed E-state index contributed by atoms with van der Waals surface area (Å²) in [4.78, 5) is 26.4. The summed E-state index contributed by atoms with van der Waals surface area (Å²) in [5.74, 6) is -0.354. The molecule has 0 saturated heterocycles. The normalized spacial score (nSPS) is 14.6. The van der Waals surface area contributed by atoms with E-state index >= 15 is 0 Å². The van der Waals surface area contributed by atoms with Gasteiger partial charge in [-0.2, -0.15) is 0 Å². The molecule has 2 heterocycles. The number of hydrogen-bond acceptors (Lipinski definition) is 6. The van der Waals surface area contributed by atoms with E-state index in [2.05, 4.69) is 11.4 Å². The van der Waals surface area contributed by atoms with Crippen molar-refractivity contribution in [2.45, 2.75) is 6.42 Å². The summed E-state index contributed by atoms with van der Waals surface area (Å²) >= 11 is 1.24. The van der Waals surface area contributed by atoms with Crippen molar-refractivity contribution in [2.75, 3.05) is 32.1 Å². The van der Waals surface area contributed by atoms with Crippen LogP contribution in [0.4, 0.5) is 5.69 Å². The number of thiophene rings is 1. The first-order valence-corrected chi connectivity index (χ1v) is 9.11. The Morgan fingerprint density at radius 2 is 2.04 bits per heavy atom. The van der Waals surface area contributed by atoms with Gasteiger partial charge in [0.15, 0.2) is 0 Å². The minimum Gasteiger partial charge on any atom is -0.508 e. The molecule has 136 valence electrons. The van der Waals surface area contributed by atoms with Crippen molar-refractivity contribution in [1.82, 2.24) is 4.90 Å². The number of rotatable bonds is 5. The number of hydrogen-bond donors (Lipinski definition) is 2. The quantitative estimate of drug-likeness (QED) is 0.789. The molecule has 0 aliphatic carbocycles. The van der Waals surface area contributed by atoms with Crippen LogP contribution in [-0.2, 0) is 9.53 Å². The summed E-state index contributed by atoms with van der Waals surface area (Å²) in [5.41, 5.74) is 2.80. The molecule has 0 unspecified atom stereocenters. The lowest BCUT2D eigenvalue weighted by Gasteiger charge is -2.25. The van der Waals surface area contributed by atoms with E-state index in [1.807, 2.05) is 17.0 Å². The summed E-state index contributed by atoms with van der Waals surface area (Å²) in [6.07, 6.45) is 2.94. The second kappa shape index (κ2) is 8.16. The number of anilines is 1. The first-order chi connectivity index (χ1) is 12.6. The van der Waals surface area contributed by atoms with E-state index in [0.29, 0.717) is 17.1 Å². The van der Waals surface area contributed by atoms with Crippen molar-refractivity contribution >= 4 is 34.5 Å². The van der Waals surface area contributed by atoms with Crippen molar-refractivity contribution < 1.29 is 19.4 Å². The van der Waals surface area contributed by atoms with Gasteiger partial charge in [-0.25, -0.2) is 4.79 Å². The number of carbonyl (C=O) groups excluding carboxylic acids is 2. The molecule has 2 aromatic rings. The average Bonchev–Trinajstić information content (AvgIpc) is 3.10. The van der Waals surface area contributed by atoms with E-state index in [1.54, 1.807) is 23.6 Å². The molecule has 6 nitrogen and oxygen atoms in total. The fraction of sp³-hybridized carbons (Fsp3) is 0.263. The molecule has 1 aromatic heterocycles. The predicted octanol–water partition coefficient (Wildman–Crippen LogP) is 2.97. The predicted molar refractivity (Wildman–Crippen MR) is 101 cm³/mol. The van der Waals surface area contributed by atoms with Crippen LogP contribution in [0.2, 0.25) is 0 Å². The molecule has 0 fully saturated rings. The molecule has 0 saturated carbocycles. The van der Waals surface area contributed by atoms with Crippen LogP contribution in [0.15, 0.2) is 41.8 Å². The molecule has 0 radical (unpaired) electrons. The standard InChI is InChI=1S/C19H20N2O4S/c1-25-19(24)18-16(8-11-26-18)20-17(23)12-21-9-6-14(7-10-21)13-2-4-15(22)5-3-13/h2-6,8,11,22H,7,9-10,12H2,1H3,(H,20,23). The number of benzene rings is 1. The summed E-state index contributed by atoms with van der Waals surface area (Å²) in [6, 6.07) is 8.85. The highest BCUT2D eigenvalue weighted by Gasteiger charge is 2.19. The number of methoxy groups -OCH3 is 1. The van der Waals surface area contributed by atoms with Gasteiger partial charge in [0.05, 0.1) is 19.3 Å². The molecular formula is C19H20N2O4S. The number of carbonyl (C=O) groups is 2. The van der Waals surface area contributed by atoms with Crippen LogP contribution in [0.1, 0.15) is 21.7 Å². The second-order valence-electron chi connectivity index (χ2n) is 5.96. The van der Waals surface area contributed by atoms with Gasteiger partial charge in [-0.15, -0.1) is 11.3 Å². The highest BCUT2D eigenvalue weighted by atomic mass is 32.1. The Morgan fingerprint density at radius 3 is 2.69 bits per heavy atom. The smallest absolute Gasteiger partial charge is 0.350 e. The van der Waals surface area contributed by atoms with Crippen molar-refractivity contribution in [2.24, 2.45) is 0 Å². The van der Waals surface area contributed by atoms with E-state index in [0.717, 1.165) is 18.5 Å². The average molecular weight is 372 g/mol. The number of phenolic OH excluding ortho intramolecular Hbond substituents is 1. The zero-order chi connectivity index (χ0) is 18.5. The zero-order valence-corrected chi connectivity index (χ0v) is 15.2. The van der Waals surface area contributed by atoms with Gasteiger partial charge in [-0.05, 0) is 41.1 Å². The van der Waals surface area contributed by atoms with E-state index in [-0.39, 0.29) is 18.2 Å². The van der Waals surface area contributed by atoms with Crippen LogP contribution < -0.4 is 5.32 Å². The fourth-order valence-corrected chi connectivity index (χ4v) is 3.61. The van der Waals surface area contributed by atoms with Gasteiger partial charge in [0, 0.05) is 13.1 Å². The van der Waals surface area contributed by atoms with E-state index in [1.165, 1.54) is 24.0 Å². The maximum Gasteiger partial charge on any atom is 0.350 e. The lowest BCUT2D eigenvalue weighted by molar-refractivity contribution is -0.117. The molecule has 1 amide bonds. The van der Waals surface area contributed by atoms with Crippen LogP contribution in [0, 0.1) is 0 Å². The molecular weight excluding hydrogens is 352 g/mol. The van der Waals surface area contributed by atoms with Gasteiger partial charge in [0.2, 0.25) is 5.91 Å². The molecule has 0 atom stereocenters. The molecule has 7 heteroatoms. The second-order valence-corrected chi connectivity index (χ2v) is 6.88. The molecule has 3 rings (SSSR count). The lowest BCUT2D eigenvalue weighted by atomic mass is 9.99. The molecule has 1 aliphatic rings. The molecule has 2 N–H and O–H groups in total. The largest absolute Gasteiger partial charge is 0.508 e. The molecule has 0 bridgehead atoms. The first kappa shape index (κ1) is 18.2. The van der Waals surface area contributed by atoms with Crippen molar-refractivity contribution in [3.63, 3.8) is 0 Å². The third-order valence-corrected chi connectivity index (χ3v) is 5.10. The van der Waals surface area contributed by atoms with E-state index < -0.39 is 5.97 Å². The number of ether oxygens (including phenoxy) is 1. The third-order valence-electron chi connectivity index (χ3n) is 4.21. The highest BCUT2D eigenvalue weighted by Crippen LogP contribution is 2.25. The highest BCUT2D eigenvalue weighted by molar-refractivity contribution is 7.12. The van der Waals surface area contributed by atoms with E-state index in [9.17, 15) is 14.7 Å². The molecule has 26 heavy (non-hydrogen) atoms. The van der Waals surface area contributed by atoms with Crippen LogP contribution >= 0.6 is 11.3 Å². The first-order valence-electron chi connectivity index (χ1n) is 8.23. The number of aromatic hydroxyl groups is 1. The minimum absolute atomic E-state index is 0.157. The van der Waals surface area contributed by atoms with Crippen LogP contribution in [0.5, 0.6) is 5.75 Å². The maximum absolute atomic E-state index is 12.3. The van der Waals surface area contributed by atoms with Crippen molar-refractivity contribution in [3.8, 4) is 5.75 Å². The Balaban J connectivity index is 1.56. The van der Waals surface area contributed by atoms with Gasteiger partial charge in [-0.3, -0.25) is 9.69 Å². The summed E-state index contributed by atoms with van der Waals surface area (Å²) in [7, 11) is 1.32. The summed E-state index contributed by atoms with van der Waals surface area (Å²) in [5, 5.41) is 13.9. The summed E-state index contributed by atoms with van der Waals surface area (Å²) < 4.78 is 4.71. The molecule has 0 spiro atoms. The number of nitrogens with one attached hydrogen (secondary N) is 1. The van der Waals surface area contributed by atoms with Gasteiger partial charge in [-0.1, -0.05) is 18.2 Å².